The highest BCUT2D eigenvalue weighted by atomic mass is 31.2. The van der Waals surface area contributed by atoms with Crippen LogP contribution in [0.4, 0.5) is 0 Å². The standard InChI is InChI=1S/C41H74NO8P/c1-3-5-7-9-11-13-15-17-19-21-23-25-27-29-31-33-40(43)47-37-39(38-49-51(45,46)48-36-35-42)50-41(44)34-32-30-28-26-24-22-20-18-16-14-12-10-8-6-4-2/h5,7,11,13-14,16-17,19,39H,3-4,6,8-10,12,15,18,20-38,42H2,1-2H3,(H,45,46)/t39-/m1/s1. The van der Waals surface area contributed by atoms with Gasteiger partial charge < -0.3 is 20.1 Å². The van der Waals surface area contributed by atoms with E-state index in [4.69, 9.17) is 24.3 Å². The molecule has 0 amide bonds. The first-order valence-corrected chi connectivity index (χ1v) is 21.6. The second-order valence-electron chi connectivity index (χ2n) is 13.1. The van der Waals surface area contributed by atoms with Gasteiger partial charge in [-0.05, 0) is 70.6 Å². The second-order valence-corrected chi connectivity index (χ2v) is 14.6. The van der Waals surface area contributed by atoms with Gasteiger partial charge in [-0.1, -0.05) is 133 Å². The number of rotatable bonds is 37. The Morgan fingerprint density at radius 1 is 0.608 bits per heavy atom. The van der Waals surface area contributed by atoms with Gasteiger partial charge in [0.1, 0.15) is 6.61 Å². The van der Waals surface area contributed by atoms with E-state index in [-0.39, 0.29) is 32.6 Å². The van der Waals surface area contributed by atoms with E-state index < -0.39 is 32.5 Å². The Labute approximate surface area is 311 Å². The molecule has 10 heteroatoms. The van der Waals surface area contributed by atoms with Crippen molar-refractivity contribution in [3.63, 3.8) is 0 Å². The van der Waals surface area contributed by atoms with Gasteiger partial charge in [0.05, 0.1) is 13.2 Å². The normalized spacial score (nSPS) is 13.9. The van der Waals surface area contributed by atoms with E-state index in [9.17, 15) is 19.0 Å². The molecule has 0 fully saturated rings. The lowest BCUT2D eigenvalue weighted by molar-refractivity contribution is -0.161. The van der Waals surface area contributed by atoms with E-state index in [1.165, 1.54) is 51.4 Å². The molecule has 0 aromatic heterocycles. The predicted octanol–water partition coefficient (Wildman–Crippen LogP) is 11.2. The first kappa shape index (κ1) is 49.0. The van der Waals surface area contributed by atoms with Crippen LogP contribution in [-0.2, 0) is 32.7 Å². The van der Waals surface area contributed by atoms with Gasteiger partial charge in [-0.2, -0.15) is 0 Å². The molecular formula is C41H74NO8P. The van der Waals surface area contributed by atoms with Gasteiger partial charge in [-0.15, -0.1) is 0 Å². The van der Waals surface area contributed by atoms with Gasteiger partial charge in [-0.25, -0.2) is 4.57 Å². The van der Waals surface area contributed by atoms with Crippen molar-refractivity contribution < 1.29 is 37.6 Å². The molecular weight excluding hydrogens is 665 g/mol. The molecule has 0 heterocycles. The van der Waals surface area contributed by atoms with E-state index >= 15 is 0 Å². The first-order valence-electron chi connectivity index (χ1n) is 20.1. The zero-order chi connectivity index (χ0) is 37.5. The van der Waals surface area contributed by atoms with Crippen LogP contribution in [0.25, 0.3) is 0 Å². The monoisotopic (exact) mass is 740 g/mol. The first-order chi connectivity index (χ1) is 24.8. The van der Waals surface area contributed by atoms with Crippen molar-refractivity contribution in [2.24, 2.45) is 5.73 Å². The van der Waals surface area contributed by atoms with E-state index in [1.54, 1.807) is 0 Å². The molecule has 2 atom stereocenters. The van der Waals surface area contributed by atoms with Gasteiger partial charge in [-0.3, -0.25) is 18.6 Å². The van der Waals surface area contributed by atoms with Crippen LogP contribution >= 0.6 is 7.82 Å². The third-order valence-electron chi connectivity index (χ3n) is 8.20. The Kier molecular flexibility index (Phi) is 36.2. The molecule has 1 unspecified atom stereocenters. The highest BCUT2D eigenvalue weighted by Crippen LogP contribution is 2.43. The van der Waals surface area contributed by atoms with E-state index in [0.29, 0.717) is 12.8 Å². The zero-order valence-electron chi connectivity index (χ0n) is 32.3. The van der Waals surface area contributed by atoms with E-state index in [0.717, 1.165) is 77.0 Å². The molecule has 0 radical (unpaired) electrons. The molecule has 9 nitrogen and oxygen atoms in total. The molecule has 0 aromatic carbocycles. The summed E-state index contributed by atoms with van der Waals surface area (Å²) in [5, 5.41) is 0. The van der Waals surface area contributed by atoms with Gasteiger partial charge in [0.15, 0.2) is 6.10 Å². The molecule has 0 bridgehead atoms. The second kappa shape index (κ2) is 37.7. The van der Waals surface area contributed by atoms with Gasteiger partial charge in [0.25, 0.3) is 0 Å². The number of carbonyl (C=O) groups excluding carboxylic acids is 2. The Bertz CT molecular complexity index is 981. The summed E-state index contributed by atoms with van der Waals surface area (Å²) in [5.41, 5.74) is 5.34. The minimum atomic E-state index is -4.38. The third kappa shape index (κ3) is 37.5. The Morgan fingerprint density at radius 2 is 1.08 bits per heavy atom. The molecule has 3 N–H and O–H groups in total. The molecule has 296 valence electrons. The number of hydrogen-bond acceptors (Lipinski definition) is 8. The maximum atomic E-state index is 12.5. The number of phosphoric ester groups is 1. The summed E-state index contributed by atoms with van der Waals surface area (Å²) in [6.07, 6.45) is 41.3. The highest BCUT2D eigenvalue weighted by Gasteiger charge is 2.25. The number of phosphoric acid groups is 1. The van der Waals surface area contributed by atoms with Crippen LogP contribution in [0.1, 0.15) is 168 Å². The Morgan fingerprint density at radius 3 is 1.63 bits per heavy atom. The largest absolute Gasteiger partial charge is 0.472 e. The molecule has 0 spiro atoms. The van der Waals surface area contributed by atoms with Crippen molar-refractivity contribution in [2.45, 2.75) is 174 Å². The van der Waals surface area contributed by atoms with Crippen molar-refractivity contribution in [3.05, 3.63) is 48.6 Å². The zero-order valence-corrected chi connectivity index (χ0v) is 33.2. The highest BCUT2D eigenvalue weighted by molar-refractivity contribution is 7.47. The van der Waals surface area contributed by atoms with Gasteiger partial charge in [0, 0.05) is 19.4 Å². The van der Waals surface area contributed by atoms with Crippen LogP contribution in [0.5, 0.6) is 0 Å². The lowest BCUT2D eigenvalue weighted by atomic mass is 10.1. The van der Waals surface area contributed by atoms with Crippen LogP contribution in [0, 0.1) is 0 Å². The average molecular weight is 740 g/mol. The SMILES string of the molecule is CCC=CCC=CCC=CCCCCCCCC(=O)OC[C@H](COP(=O)(O)OCCN)OC(=O)CCCCCCCCCC=CCCCCCC. The van der Waals surface area contributed by atoms with E-state index in [2.05, 4.69) is 62.5 Å². The summed E-state index contributed by atoms with van der Waals surface area (Å²) in [6, 6.07) is 0. The van der Waals surface area contributed by atoms with Crippen molar-refractivity contribution in [1.82, 2.24) is 0 Å². The molecule has 0 aliphatic heterocycles. The van der Waals surface area contributed by atoms with E-state index in [1.807, 2.05) is 0 Å². The van der Waals surface area contributed by atoms with Crippen LogP contribution < -0.4 is 5.73 Å². The topological polar surface area (TPSA) is 134 Å². The third-order valence-corrected chi connectivity index (χ3v) is 9.18. The number of unbranched alkanes of at least 4 members (excludes halogenated alkanes) is 16. The molecule has 0 saturated carbocycles. The maximum absolute atomic E-state index is 12.5. The minimum Gasteiger partial charge on any atom is -0.462 e. The summed E-state index contributed by atoms with van der Waals surface area (Å²) >= 11 is 0. The molecule has 0 rings (SSSR count). The fourth-order valence-corrected chi connectivity index (χ4v) is 6.00. The number of allylic oxidation sites excluding steroid dienone is 8. The smallest absolute Gasteiger partial charge is 0.462 e. The Balaban J connectivity index is 4.23. The van der Waals surface area contributed by atoms with Crippen molar-refractivity contribution in [1.29, 1.82) is 0 Å². The fraction of sp³-hybridized carbons (Fsp3) is 0.756. The Hall–Kier alpha value is -2.03. The maximum Gasteiger partial charge on any atom is 0.472 e. The van der Waals surface area contributed by atoms with Crippen LogP contribution in [0.15, 0.2) is 48.6 Å². The quantitative estimate of drug-likeness (QED) is 0.0276. The fourth-order valence-electron chi connectivity index (χ4n) is 5.23. The lowest BCUT2D eigenvalue weighted by Gasteiger charge is -2.19. The lowest BCUT2D eigenvalue weighted by Crippen LogP contribution is -2.29. The van der Waals surface area contributed by atoms with Crippen LogP contribution in [0.3, 0.4) is 0 Å². The summed E-state index contributed by atoms with van der Waals surface area (Å²) in [4.78, 5) is 34.8. The van der Waals surface area contributed by atoms with Crippen molar-refractivity contribution in [2.75, 3.05) is 26.4 Å². The number of nitrogens with two attached hydrogens (primary N) is 1. The summed E-state index contributed by atoms with van der Waals surface area (Å²) in [5.74, 6) is -0.856. The summed E-state index contributed by atoms with van der Waals surface area (Å²) < 4.78 is 32.7. The number of ether oxygens (including phenoxy) is 2. The molecule has 51 heavy (non-hydrogen) atoms. The molecule has 0 aliphatic rings. The average Bonchev–Trinajstić information content (AvgIpc) is 3.11. The van der Waals surface area contributed by atoms with Gasteiger partial charge >= 0.3 is 19.8 Å². The molecule has 0 aliphatic carbocycles. The number of hydrogen-bond donors (Lipinski definition) is 2. The summed E-state index contributed by atoms with van der Waals surface area (Å²) in [6.45, 7) is 3.57. The predicted molar refractivity (Wildman–Crippen MR) is 210 cm³/mol. The van der Waals surface area contributed by atoms with Crippen LogP contribution in [0.2, 0.25) is 0 Å². The van der Waals surface area contributed by atoms with Crippen molar-refractivity contribution >= 4 is 19.8 Å². The molecule has 0 saturated heterocycles. The minimum absolute atomic E-state index is 0.0486. The summed E-state index contributed by atoms with van der Waals surface area (Å²) in [7, 11) is -4.38. The molecule has 0 aromatic rings. The number of esters is 2. The number of carbonyl (C=O) groups is 2. The van der Waals surface area contributed by atoms with Gasteiger partial charge in [0.2, 0.25) is 0 Å². The van der Waals surface area contributed by atoms with Crippen molar-refractivity contribution in [3.8, 4) is 0 Å². The van der Waals surface area contributed by atoms with Crippen LogP contribution in [-0.4, -0.2) is 49.3 Å².